The van der Waals surface area contributed by atoms with E-state index in [-0.39, 0.29) is 41.8 Å². The first-order chi connectivity index (χ1) is 20.8. The molecule has 222 valence electrons. The van der Waals surface area contributed by atoms with Gasteiger partial charge < -0.3 is 34.2 Å². The van der Waals surface area contributed by atoms with E-state index in [1.807, 2.05) is 19.1 Å². The Kier molecular flexibility index (Phi) is 6.77. The molecule has 1 amide bonds. The van der Waals surface area contributed by atoms with Crippen molar-refractivity contribution in [2.75, 3.05) is 19.7 Å². The Hall–Kier alpha value is -4.16. The monoisotopic (exact) mass is 586 g/mol. The van der Waals surface area contributed by atoms with Crippen LogP contribution in [0.2, 0.25) is 0 Å². The van der Waals surface area contributed by atoms with E-state index in [1.54, 1.807) is 24.3 Å². The molecule has 43 heavy (non-hydrogen) atoms. The van der Waals surface area contributed by atoms with Gasteiger partial charge in [-0.05, 0) is 67.3 Å². The number of aromatic hydroxyl groups is 1. The Balaban J connectivity index is 0.963. The first kappa shape index (κ1) is 27.7. The fourth-order valence-electron chi connectivity index (χ4n) is 6.59. The number of hydrogen-bond donors (Lipinski definition) is 3. The van der Waals surface area contributed by atoms with E-state index in [0.29, 0.717) is 42.9 Å². The highest BCUT2D eigenvalue weighted by Gasteiger charge is 2.78. The maximum atomic E-state index is 12.9. The number of phenols is 1. The molecule has 5 aliphatic rings. The molecule has 3 aliphatic heterocycles. The molecule has 1 saturated carbocycles. The number of aryl methyl sites for hydroxylation is 1. The molecule has 2 aliphatic carbocycles. The Bertz CT molecular complexity index is 1770. The zero-order chi connectivity index (χ0) is 29.9. The lowest BCUT2D eigenvalue weighted by atomic mass is 9.88. The first-order valence-electron chi connectivity index (χ1n) is 14.3. The van der Waals surface area contributed by atoms with Crippen molar-refractivity contribution in [2.24, 2.45) is 17.0 Å². The zero-order valence-electron chi connectivity index (χ0n) is 23.3. The molecular weight excluding hydrogens is 556 g/mol. The summed E-state index contributed by atoms with van der Waals surface area (Å²) in [5.74, 6) is -1.88. The summed E-state index contributed by atoms with van der Waals surface area (Å²) >= 11 is 0. The third-order valence-electron chi connectivity index (χ3n) is 8.76. The minimum Gasteiger partial charge on any atom is -0.508 e. The van der Waals surface area contributed by atoms with Crippen molar-refractivity contribution in [3.05, 3.63) is 80.9 Å². The van der Waals surface area contributed by atoms with Gasteiger partial charge in [0, 0.05) is 47.4 Å². The normalized spacial score (nSPS) is 27.0. The Labute approximate surface area is 245 Å². The SMILES string of the molecule is Cc1cc(C(=O)NCCCCOC2OC3(O)C(CN=O)C4OC4C23)ccc1-c1c2ccc(=O)cc-2oc2cc(O)ccc12. The number of fused-ring (bicyclic) bond motifs is 5. The summed E-state index contributed by atoms with van der Waals surface area (Å²) in [4.78, 5) is 35.6. The maximum absolute atomic E-state index is 12.9. The van der Waals surface area contributed by atoms with Gasteiger partial charge >= 0.3 is 0 Å². The van der Waals surface area contributed by atoms with Crippen LogP contribution in [-0.2, 0) is 14.2 Å². The van der Waals surface area contributed by atoms with Crippen molar-refractivity contribution >= 4 is 16.9 Å². The average molecular weight is 587 g/mol. The molecule has 3 fully saturated rings. The van der Waals surface area contributed by atoms with Gasteiger partial charge in [0.25, 0.3) is 5.91 Å². The number of carbonyl (C=O) groups excluding carboxylic acids is 1. The largest absolute Gasteiger partial charge is 0.508 e. The summed E-state index contributed by atoms with van der Waals surface area (Å²) in [7, 11) is 0. The summed E-state index contributed by atoms with van der Waals surface area (Å²) in [6.07, 6.45) is 0.436. The highest BCUT2D eigenvalue weighted by Crippen LogP contribution is 2.61. The number of ether oxygens (including phenoxy) is 3. The number of aliphatic hydroxyl groups is 1. The molecule has 0 spiro atoms. The van der Waals surface area contributed by atoms with Crippen LogP contribution in [0.3, 0.4) is 0 Å². The molecule has 11 heteroatoms. The molecule has 2 saturated heterocycles. The highest BCUT2D eigenvalue weighted by atomic mass is 16.8. The lowest BCUT2D eigenvalue weighted by Gasteiger charge is -2.50. The number of rotatable bonds is 10. The molecule has 2 aromatic carbocycles. The van der Waals surface area contributed by atoms with Crippen LogP contribution in [0.5, 0.6) is 5.75 Å². The van der Waals surface area contributed by atoms with Crippen LogP contribution in [0.4, 0.5) is 0 Å². The van der Waals surface area contributed by atoms with Crippen molar-refractivity contribution in [3.8, 4) is 28.2 Å². The van der Waals surface area contributed by atoms with E-state index in [2.05, 4.69) is 10.5 Å². The number of nitrogens with zero attached hydrogens (tertiary/aromatic N) is 1. The molecule has 0 aromatic heterocycles. The van der Waals surface area contributed by atoms with Gasteiger partial charge in [-0.3, -0.25) is 9.59 Å². The number of epoxide rings is 1. The molecule has 6 atom stereocenters. The number of hydrogen-bond acceptors (Lipinski definition) is 10. The lowest BCUT2D eigenvalue weighted by molar-refractivity contribution is -0.441. The van der Waals surface area contributed by atoms with Gasteiger partial charge in [-0.2, -0.15) is 4.91 Å². The summed E-state index contributed by atoms with van der Waals surface area (Å²) < 4.78 is 22.9. The topological polar surface area (TPSA) is 160 Å². The number of phenolic OH excluding ortho intramolecular Hbond substituents is 1. The summed E-state index contributed by atoms with van der Waals surface area (Å²) in [5.41, 5.74) is 4.16. The second-order valence-electron chi connectivity index (χ2n) is 11.4. The van der Waals surface area contributed by atoms with Crippen molar-refractivity contribution in [2.45, 2.75) is 44.1 Å². The molecule has 0 bridgehead atoms. The molecule has 6 unspecified atom stereocenters. The van der Waals surface area contributed by atoms with Crippen LogP contribution in [0.15, 0.2) is 69.0 Å². The van der Waals surface area contributed by atoms with Crippen molar-refractivity contribution < 1.29 is 33.6 Å². The van der Waals surface area contributed by atoms with Gasteiger partial charge in [0.2, 0.25) is 0 Å². The van der Waals surface area contributed by atoms with Gasteiger partial charge in [-0.1, -0.05) is 11.2 Å². The minimum atomic E-state index is -1.40. The zero-order valence-corrected chi connectivity index (χ0v) is 23.3. The molecule has 11 nitrogen and oxygen atoms in total. The Morgan fingerprint density at radius 3 is 2.72 bits per heavy atom. The fraction of sp³-hybridized carbons (Fsp3) is 0.375. The number of nitroso groups, excluding NO2 is 1. The quantitative estimate of drug-likeness (QED) is 0.108. The molecular formula is C32H30N2O9. The number of unbranched alkanes of at least 4 members (excludes halogenated alkanes) is 1. The van der Waals surface area contributed by atoms with Crippen LogP contribution in [-0.4, -0.2) is 60.1 Å². The van der Waals surface area contributed by atoms with Crippen LogP contribution in [0, 0.1) is 23.7 Å². The third kappa shape index (κ3) is 4.69. The van der Waals surface area contributed by atoms with Crippen LogP contribution >= 0.6 is 0 Å². The number of benzene rings is 3. The van der Waals surface area contributed by atoms with Crippen LogP contribution < -0.4 is 10.7 Å². The van der Waals surface area contributed by atoms with Gasteiger partial charge in [-0.25, -0.2) is 0 Å². The van der Waals surface area contributed by atoms with Gasteiger partial charge in [0.05, 0.1) is 30.6 Å². The van der Waals surface area contributed by atoms with Crippen LogP contribution in [0.25, 0.3) is 33.4 Å². The molecule has 0 radical (unpaired) electrons. The molecule has 3 N–H and O–H groups in total. The van der Waals surface area contributed by atoms with E-state index >= 15 is 0 Å². The van der Waals surface area contributed by atoms with Gasteiger partial charge in [0.1, 0.15) is 17.1 Å². The number of amides is 1. The van der Waals surface area contributed by atoms with Gasteiger partial charge in [-0.15, -0.1) is 0 Å². The van der Waals surface area contributed by atoms with E-state index in [0.717, 1.165) is 27.6 Å². The standard InChI is InChI=1S/C32H30N2O9/c1-16-12-17(4-7-20(16)26-21-8-5-18(35)13-24(21)41-25-14-19(36)6-9-22(25)26)30(37)33-10-2-3-11-40-31-27-29-28(42-29)23(15-34-39)32(27,38)43-31/h4-9,12-14,23,27-29,31,35,38H,2-3,10-11,15H2,1H3,(H,33,37). The maximum Gasteiger partial charge on any atom is 0.251 e. The minimum absolute atomic E-state index is 0.0478. The van der Waals surface area contributed by atoms with E-state index in [4.69, 9.17) is 18.6 Å². The second-order valence-corrected chi connectivity index (χ2v) is 11.4. The van der Waals surface area contributed by atoms with E-state index < -0.39 is 18.0 Å². The van der Waals surface area contributed by atoms with Crippen molar-refractivity contribution in [3.63, 3.8) is 0 Å². The smallest absolute Gasteiger partial charge is 0.251 e. The van der Waals surface area contributed by atoms with Crippen molar-refractivity contribution in [1.82, 2.24) is 5.32 Å². The second kappa shape index (κ2) is 10.5. The highest BCUT2D eigenvalue weighted by molar-refractivity contribution is 6.03. The molecule has 2 aromatic rings. The van der Waals surface area contributed by atoms with Crippen molar-refractivity contribution in [1.29, 1.82) is 0 Å². The Morgan fingerprint density at radius 1 is 1.07 bits per heavy atom. The fourth-order valence-corrected chi connectivity index (χ4v) is 6.59. The summed E-state index contributed by atoms with van der Waals surface area (Å²) in [5, 5.41) is 27.3. The Morgan fingerprint density at radius 2 is 1.91 bits per heavy atom. The summed E-state index contributed by atoms with van der Waals surface area (Å²) in [6, 6.07) is 15.0. The van der Waals surface area contributed by atoms with E-state index in [9.17, 15) is 24.7 Å². The predicted molar refractivity (Wildman–Crippen MR) is 155 cm³/mol. The lowest BCUT2D eigenvalue weighted by Crippen LogP contribution is -2.64. The number of carbonyl (C=O) groups is 1. The molecule has 7 rings (SSSR count). The van der Waals surface area contributed by atoms with E-state index in [1.165, 1.54) is 18.2 Å². The van der Waals surface area contributed by atoms with Crippen LogP contribution in [0.1, 0.15) is 28.8 Å². The third-order valence-corrected chi connectivity index (χ3v) is 8.76. The average Bonchev–Trinajstić information content (AvgIpc) is 3.70. The van der Waals surface area contributed by atoms with Gasteiger partial charge in [0.15, 0.2) is 17.5 Å². The molecule has 3 heterocycles. The first-order valence-corrected chi connectivity index (χ1v) is 14.3. The number of nitrogens with one attached hydrogen (secondary N) is 1. The predicted octanol–water partition coefficient (Wildman–Crippen LogP) is 3.93. The summed E-state index contributed by atoms with van der Waals surface area (Å²) in [6.45, 7) is 2.73.